The van der Waals surface area contributed by atoms with Gasteiger partial charge in [0.15, 0.2) is 0 Å². The topological polar surface area (TPSA) is 49.8 Å². The number of ether oxygens (including phenoxy) is 1. The van der Waals surface area contributed by atoms with Crippen LogP contribution in [0, 0.1) is 5.92 Å². The number of halogens is 6. The Hall–Kier alpha value is -1.03. The Kier molecular flexibility index (Phi) is 4.84. The van der Waals surface area contributed by atoms with Gasteiger partial charge in [-0.1, -0.05) is 0 Å². The lowest BCUT2D eigenvalue weighted by atomic mass is 10.0. The molecule has 1 atom stereocenters. The molecule has 1 rings (SSSR count). The van der Waals surface area contributed by atoms with Gasteiger partial charge in [0.25, 0.3) is 0 Å². The molecule has 0 aromatic rings. The van der Waals surface area contributed by atoms with Crippen LogP contribution in [0.1, 0.15) is 13.8 Å². The molecular weight excluding hydrogens is 308 g/mol. The van der Waals surface area contributed by atoms with Gasteiger partial charge in [-0.25, -0.2) is 0 Å². The summed E-state index contributed by atoms with van der Waals surface area (Å²) in [5, 5.41) is 8.97. The van der Waals surface area contributed by atoms with Crippen molar-refractivity contribution in [1.29, 1.82) is 0 Å². The second-order valence-electron chi connectivity index (χ2n) is 5.42. The van der Waals surface area contributed by atoms with Crippen molar-refractivity contribution < 1.29 is 41.0 Å². The number of hydrogen-bond donors (Lipinski definition) is 1. The van der Waals surface area contributed by atoms with E-state index in [1.807, 2.05) is 0 Å². The van der Waals surface area contributed by atoms with Gasteiger partial charge in [0.2, 0.25) is 11.8 Å². The van der Waals surface area contributed by atoms with E-state index in [4.69, 9.17) is 9.84 Å². The minimum atomic E-state index is -5.73. The van der Waals surface area contributed by atoms with E-state index in [0.717, 1.165) is 0 Å². The zero-order valence-corrected chi connectivity index (χ0v) is 11.3. The fourth-order valence-corrected chi connectivity index (χ4v) is 2.21. The first kappa shape index (κ1) is 18.0. The van der Waals surface area contributed by atoms with E-state index < -0.39 is 55.6 Å². The fraction of sp³-hybridized carbons (Fsp3) is 0.909. The second kappa shape index (κ2) is 5.64. The molecule has 0 aromatic heterocycles. The Bertz CT molecular complexity index is 378. The number of hydrogen-bond acceptors (Lipinski definition) is 3. The number of carbonyl (C=O) groups excluding carboxylic acids is 1. The van der Waals surface area contributed by atoms with Gasteiger partial charge >= 0.3 is 12.4 Å². The number of amides is 1. The summed E-state index contributed by atoms with van der Waals surface area (Å²) in [5.74, 6) is -6.15. The lowest BCUT2D eigenvalue weighted by Gasteiger charge is -2.43. The van der Waals surface area contributed by atoms with Crippen LogP contribution in [-0.2, 0) is 9.53 Å². The molecule has 10 heteroatoms. The number of rotatable bonds is 2. The molecule has 1 saturated heterocycles. The third kappa shape index (κ3) is 4.47. The van der Waals surface area contributed by atoms with E-state index in [-0.39, 0.29) is 0 Å². The zero-order chi connectivity index (χ0) is 16.6. The first-order valence-electron chi connectivity index (χ1n) is 5.99. The largest absolute Gasteiger partial charge is 0.409 e. The Balaban J connectivity index is 3.04. The molecule has 0 spiro atoms. The van der Waals surface area contributed by atoms with Crippen LogP contribution < -0.4 is 0 Å². The second-order valence-corrected chi connectivity index (χ2v) is 5.42. The highest BCUT2D eigenvalue weighted by Crippen LogP contribution is 2.41. The normalized spacial score (nSPS) is 23.5. The molecule has 1 unspecified atom stereocenters. The third-order valence-corrected chi connectivity index (χ3v) is 2.90. The van der Waals surface area contributed by atoms with Gasteiger partial charge in [-0.2, -0.15) is 26.3 Å². The summed E-state index contributed by atoms with van der Waals surface area (Å²) in [5.41, 5.74) is -1.15. The van der Waals surface area contributed by atoms with Crippen LogP contribution in [0.4, 0.5) is 26.3 Å². The summed E-state index contributed by atoms with van der Waals surface area (Å²) in [6.07, 6.45) is -12.5. The van der Waals surface area contributed by atoms with Gasteiger partial charge in [0.05, 0.1) is 18.3 Å². The summed E-state index contributed by atoms with van der Waals surface area (Å²) in [6.45, 7) is 1.25. The van der Waals surface area contributed by atoms with Gasteiger partial charge in [-0.15, -0.1) is 0 Å². The molecule has 1 aliphatic heterocycles. The van der Waals surface area contributed by atoms with Crippen molar-refractivity contribution in [3.63, 3.8) is 0 Å². The summed E-state index contributed by atoms with van der Waals surface area (Å²) >= 11 is 0. The molecule has 1 heterocycles. The SMILES string of the molecule is CC1(C)CN(C(=O)C(C(F)(F)F)C(F)(F)F)CC(CO)O1. The van der Waals surface area contributed by atoms with Gasteiger partial charge in [-0.05, 0) is 13.8 Å². The molecule has 1 amide bonds. The number of morpholine rings is 1. The van der Waals surface area contributed by atoms with E-state index in [0.29, 0.717) is 4.90 Å². The molecule has 1 N–H and O–H groups in total. The summed E-state index contributed by atoms with van der Waals surface area (Å²) in [6, 6.07) is 0. The maximum Gasteiger partial charge on any atom is 0.409 e. The highest BCUT2D eigenvalue weighted by atomic mass is 19.4. The molecule has 1 aliphatic rings. The predicted octanol–water partition coefficient (Wildman–Crippen LogP) is 1.73. The Labute approximate surface area is 116 Å². The maximum absolute atomic E-state index is 12.5. The Morgan fingerprint density at radius 1 is 1.29 bits per heavy atom. The van der Waals surface area contributed by atoms with Crippen LogP contribution in [0.5, 0.6) is 0 Å². The molecule has 0 saturated carbocycles. The molecule has 124 valence electrons. The maximum atomic E-state index is 12.5. The molecular formula is C11H15F6NO3. The van der Waals surface area contributed by atoms with Crippen molar-refractivity contribution >= 4 is 5.91 Å². The lowest BCUT2D eigenvalue weighted by Crippen LogP contribution is -2.59. The lowest BCUT2D eigenvalue weighted by molar-refractivity contribution is -0.280. The van der Waals surface area contributed by atoms with Crippen LogP contribution in [-0.4, -0.2) is 59.7 Å². The van der Waals surface area contributed by atoms with Crippen molar-refractivity contribution in [2.24, 2.45) is 5.92 Å². The molecule has 0 aromatic carbocycles. The van der Waals surface area contributed by atoms with E-state index in [2.05, 4.69) is 0 Å². The summed E-state index contributed by atoms with van der Waals surface area (Å²) < 4.78 is 80.5. The minimum Gasteiger partial charge on any atom is -0.394 e. The average molecular weight is 323 g/mol. The number of aliphatic hydroxyl groups is 1. The van der Waals surface area contributed by atoms with E-state index in [9.17, 15) is 31.1 Å². The first-order chi connectivity index (χ1) is 9.28. The van der Waals surface area contributed by atoms with Crippen LogP contribution >= 0.6 is 0 Å². The monoisotopic (exact) mass is 323 g/mol. The minimum absolute atomic E-state index is 0.426. The van der Waals surface area contributed by atoms with Gasteiger partial charge in [0.1, 0.15) is 0 Å². The van der Waals surface area contributed by atoms with Gasteiger partial charge in [0, 0.05) is 13.1 Å². The third-order valence-electron chi connectivity index (χ3n) is 2.90. The molecule has 1 fully saturated rings. The molecule has 4 nitrogen and oxygen atoms in total. The van der Waals surface area contributed by atoms with Crippen molar-refractivity contribution in [1.82, 2.24) is 4.90 Å². The van der Waals surface area contributed by atoms with E-state index >= 15 is 0 Å². The van der Waals surface area contributed by atoms with Crippen molar-refractivity contribution in [2.75, 3.05) is 19.7 Å². The number of nitrogens with zero attached hydrogens (tertiary/aromatic N) is 1. The van der Waals surface area contributed by atoms with E-state index in [1.165, 1.54) is 13.8 Å². The standard InChI is InChI=1S/C11H15F6NO3/c1-9(2)5-18(3-6(4-19)21-9)8(20)7(10(12,13)14)11(15,16)17/h6-7,19H,3-5H2,1-2H3. The van der Waals surface area contributed by atoms with Crippen LogP contribution in [0.2, 0.25) is 0 Å². The van der Waals surface area contributed by atoms with Crippen molar-refractivity contribution in [2.45, 2.75) is 37.9 Å². The Morgan fingerprint density at radius 3 is 2.14 bits per heavy atom. The zero-order valence-electron chi connectivity index (χ0n) is 11.3. The molecule has 0 bridgehead atoms. The highest BCUT2D eigenvalue weighted by Gasteiger charge is 2.62. The highest BCUT2D eigenvalue weighted by molar-refractivity contribution is 5.80. The molecule has 0 aliphatic carbocycles. The molecule has 21 heavy (non-hydrogen) atoms. The van der Waals surface area contributed by atoms with Crippen LogP contribution in [0.25, 0.3) is 0 Å². The molecule has 0 radical (unpaired) electrons. The predicted molar refractivity (Wildman–Crippen MR) is 58.2 cm³/mol. The number of aliphatic hydroxyl groups excluding tert-OH is 1. The first-order valence-corrected chi connectivity index (χ1v) is 5.99. The van der Waals surface area contributed by atoms with Gasteiger partial charge in [-0.3, -0.25) is 4.79 Å². The fourth-order valence-electron chi connectivity index (χ4n) is 2.21. The van der Waals surface area contributed by atoms with Crippen molar-refractivity contribution in [3.05, 3.63) is 0 Å². The van der Waals surface area contributed by atoms with Crippen LogP contribution in [0.15, 0.2) is 0 Å². The smallest absolute Gasteiger partial charge is 0.394 e. The van der Waals surface area contributed by atoms with Crippen LogP contribution in [0.3, 0.4) is 0 Å². The average Bonchev–Trinajstić information content (AvgIpc) is 2.22. The van der Waals surface area contributed by atoms with E-state index in [1.54, 1.807) is 0 Å². The quantitative estimate of drug-likeness (QED) is 0.788. The number of alkyl halides is 6. The van der Waals surface area contributed by atoms with Gasteiger partial charge < -0.3 is 14.7 Å². The summed E-state index contributed by atoms with van der Waals surface area (Å²) in [7, 11) is 0. The number of carbonyl (C=O) groups is 1. The van der Waals surface area contributed by atoms with Crippen molar-refractivity contribution in [3.8, 4) is 0 Å². The Morgan fingerprint density at radius 2 is 1.76 bits per heavy atom. The summed E-state index contributed by atoms with van der Waals surface area (Å²) in [4.78, 5) is 12.1.